The average Bonchev–Trinajstić information content (AvgIpc) is 2.89. The van der Waals surface area contributed by atoms with Gasteiger partial charge in [0, 0.05) is 39.9 Å². The molecule has 0 aliphatic carbocycles. The molecule has 0 aromatic heterocycles. The van der Waals surface area contributed by atoms with Crippen LogP contribution in [0.25, 0.3) is 0 Å². The Morgan fingerprint density at radius 1 is 1.20 bits per heavy atom. The van der Waals surface area contributed by atoms with Gasteiger partial charge in [-0.25, -0.2) is 0 Å². The molecule has 112 valence electrons. The highest BCUT2D eigenvalue weighted by Crippen LogP contribution is 2.21. The summed E-state index contributed by atoms with van der Waals surface area (Å²) >= 11 is 0. The minimum atomic E-state index is -0.0433. The monoisotopic (exact) mass is 280 g/mol. The van der Waals surface area contributed by atoms with Gasteiger partial charge in [-0.3, -0.25) is 4.90 Å². The van der Waals surface area contributed by atoms with Crippen molar-refractivity contribution in [2.24, 2.45) is 5.73 Å². The number of methoxy groups -OCH3 is 3. The molecular formula is C15H24N2O3. The zero-order chi connectivity index (χ0) is 14.5. The molecule has 0 spiro atoms. The van der Waals surface area contributed by atoms with Crippen LogP contribution in [-0.4, -0.2) is 58.1 Å². The summed E-state index contributed by atoms with van der Waals surface area (Å²) in [4.78, 5) is 2.28. The summed E-state index contributed by atoms with van der Waals surface area (Å²) in [6.45, 7) is 2.49. The molecule has 0 radical (unpaired) electrons. The van der Waals surface area contributed by atoms with Crippen molar-refractivity contribution in [3.05, 3.63) is 29.8 Å². The van der Waals surface area contributed by atoms with Crippen molar-refractivity contribution >= 4 is 0 Å². The van der Waals surface area contributed by atoms with E-state index in [2.05, 4.69) is 4.90 Å². The molecule has 5 nitrogen and oxygen atoms in total. The van der Waals surface area contributed by atoms with E-state index in [-0.39, 0.29) is 18.2 Å². The molecule has 1 heterocycles. The average molecular weight is 280 g/mol. The number of hydrogen-bond acceptors (Lipinski definition) is 5. The molecule has 2 N–H and O–H groups in total. The maximum Gasteiger partial charge on any atom is 0.119 e. The Labute approximate surface area is 120 Å². The van der Waals surface area contributed by atoms with Crippen molar-refractivity contribution < 1.29 is 14.2 Å². The quantitative estimate of drug-likeness (QED) is 0.844. The number of rotatable bonds is 6. The fraction of sp³-hybridized carbons (Fsp3) is 0.600. The fourth-order valence-corrected chi connectivity index (χ4v) is 2.68. The molecule has 1 fully saturated rings. The van der Waals surface area contributed by atoms with E-state index in [0.717, 1.165) is 30.9 Å². The molecular weight excluding hydrogens is 256 g/mol. The Bertz CT molecular complexity index is 415. The highest BCUT2D eigenvalue weighted by atomic mass is 16.5. The summed E-state index contributed by atoms with van der Waals surface area (Å²) in [6.07, 6.45) is 0.245. The number of likely N-dealkylation sites (tertiary alicyclic amines) is 1. The lowest BCUT2D eigenvalue weighted by Crippen LogP contribution is -2.31. The third-order valence-electron chi connectivity index (χ3n) is 3.87. The van der Waals surface area contributed by atoms with Crippen LogP contribution in [0.3, 0.4) is 0 Å². The second kappa shape index (κ2) is 7.04. The van der Waals surface area contributed by atoms with Gasteiger partial charge in [-0.15, -0.1) is 0 Å². The van der Waals surface area contributed by atoms with Crippen molar-refractivity contribution in [3.63, 3.8) is 0 Å². The summed E-state index contributed by atoms with van der Waals surface area (Å²) in [5.74, 6) is 0.837. The summed E-state index contributed by atoms with van der Waals surface area (Å²) in [6, 6.07) is 7.87. The Kier molecular flexibility index (Phi) is 5.37. The van der Waals surface area contributed by atoms with Crippen LogP contribution in [0.1, 0.15) is 11.6 Å². The van der Waals surface area contributed by atoms with E-state index in [1.54, 1.807) is 21.3 Å². The highest BCUT2D eigenvalue weighted by Gasteiger charge is 2.33. The largest absolute Gasteiger partial charge is 0.497 e. The topological polar surface area (TPSA) is 57.0 Å². The lowest BCUT2D eigenvalue weighted by Gasteiger charge is -2.21. The van der Waals surface area contributed by atoms with Gasteiger partial charge in [-0.1, -0.05) is 12.1 Å². The van der Waals surface area contributed by atoms with Crippen molar-refractivity contribution in [1.29, 1.82) is 0 Å². The lowest BCUT2D eigenvalue weighted by molar-refractivity contribution is -0.00461. The minimum Gasteiger partial charge on any atom is -0.497 e. The van der Waals surface area contributed by atoms with Gasteiger partial charge in [0.25, 0.3) is 0 Å². The van der Waals surface area contributed by atoms with E-state index in [1.807, 2.05) is 24.3 Å². The van der Waals surface area contributed by atoms with Crippen LogP contribution in [0.15, 0.2) is 24.3 Å². The molecule has 1 aromatic rings. The van der Waals surface area contributed by atoms with Gasteiger partial charge in [-0.2, -0.15) is 0 Å². The molecule has 5 heteroatoms. The van der Waals surface area contributed by atoms with Crippen LogP contribution < -0.4 is 10.5 Å². The third-order valence-corrected chi connectivity index (χ3v) is 3.87. The van der Waals surface area contributed by atoms with Crippen LogP contribution in [-0.2, 0) is 9.47 Å². The summed E-state index contributed by atoms with van der Waals surface area (Å²) in [5.41, 5.74) is 7.38. The number of nitrogens with zero attached hydrogens (tertiary/aromatic N) is 1. The van der Waals surface area contributed by atoms with Crippen molar-refractivity contribution in [3.8, 4) is 5.75 Å². The summed E-state index contributed by atoms with van der Waals surface area (Å²) < 4.78 is 16.1. The van der Waals surface area contributed by atoms with E-state index in [0.29, 0.717) is 0 Å². The van der Waals surface area contributed by atoms with E-state index in [9.17, 15) is 0 Å². The lowest BCUT2D eigenvalue weighted by atomic mass is 10.1. The van der Waals surface area contributed by atoms with Crippen LogP contribution in [0.5, 0.6) is 5.75 Å². The van der Waals surface area contributed by atoms with Gasteiger partial charge >= 0.3 is 0 Å². The van der Waals surface area contributed by atoms with Gasteiger partial charge < -0.3 is 19.9 Å². The Morgan fingerprint density at radius 3 is 2.40 bits per heavy atom. The number of nitrogens with two attached hydrogens (primary N) is 1. The van der Waals surface area contributed by atoms with Crippen molar-refractivity contribution in [2.75, 3.05) is 41.0 Å². The first-order valence-electron chi connectivity index (χ1n) is 6.85. The molecule has 0 bridgehead atoms. The molecule has 1 aromatic carbocycles. The molecule has 1 aliphatic rings. The van der Waals surface area contributed by atoms with Crippen molar-refractivity contribution in [2.45, 2.75) is 18.2 Å². The van der Waals surface area contributed by atoms with Gasteiger partial charge in [0.1, 0.15) is 5.75 Å². The van der Waals surface area contributed by atoms with E-state index < -0.39 is 0 Å². The molecule has 0 amide bonds. The zero-order valence-corrected chi connectivity index (χ0v) is 12.4. The SMILES string of the molecule is COc1cccc(C(N)CN2CC(OC)C(OC)C2)c1. The smallest absolute Gasteiger partial charge is 0.119 e. The van der Waals surface area contributed by atoms with E-state index in [4.69, 9.17) is 19.9 Å². The molecule has 3 unspecified atom stereocenters. The minimum absolute atomic E-state index is 0.0433. The first kappa shape index (κ1) is 15.3. The second-order valence-corrected chi connectivity index (χ2v) is 5.15. The zero-order valence-electron chi connectivity index (χ0n) is 12.4. The summed E-state index contributed by atoms with van der Waals surface area (Å²) in [5, 5.41) is 0. The normalized spacial score (nSPS) is 24.8. The van der Waals surface area contributed by atoms with Gasteiger partial charge in [0.2, 0.25) is 0 Å². The maximum absolute atomic E-state index is 6.29. The molecule has 2 rings (SSSR count). The van der Waals surface area contributed by atoms with Crippen LogP contribution in [0.4, 0.5) is 0 Å². The van der Waals surface area contributed by atoms with Crippen LogP contribution >= 0.6 is 0 Å². The molecule has 0 saturated carbocycles. The Morgan fingerprint density at radius 2 is 1.85 bits per heavy atom. The Hall–Kier alpha value is -1.14. The molecule has 20 heavy (non-hydrogen) atoms. The van der Waals surface area contributed by atoms with E-state index in [1.165, 1.54) is 0 Å². The van der Waals surface area contributed by atoms with Gasteiger partial charge in [0.15, 0.2) is 0 Å². The molecule has 1 aliphatic heterocycles. The van der Waals surface area contributed by atoms with E-state index >= 15 is 0 Å². The first-order chi connectivity index (χ1) is 9.67. The maximum atomic E-state index is 6.29. The van der Waals surface area contributed by atoms with Gasteiger partial charge in [-0.05, 0) is 17.7 Å². The Balaban J connectivity index is 1.96. The summed E-state index contributed by atoms with van der Waals surface area (Å²) in [7, 11) is 5.11. The number of benzene rings is 1. The van der Waals surface area contributed by atoms with Crippen LogP contribution in [0, 0.1) is 0 Å². The number of ether oxygens (including phenoxy) is 3. The third kappa shape index (κ3) is 3.49. The molecule has 3 atom stereocenters. The first-order valence-corrected chi connectivity index (χ1v) is 6.85. The molecule has 1 saturated heterocycles. The predicted octanol–water partition coefficient (Wildman–Crippen LogP) is 1.04. The predicted molar refractivity (Wildman–Crippen MR) is 78.0 cm³/mol. The standard InChI is InChI=1S/C15H24N2O3/c1-18-12-6-4-5-11(7-12)13(16)8-17-9-14(19-2)15(10-17)20-3/h4-7,13-15H,8-10,16H2,1-3H3. The van der Waals surface area contributed by atoms with Crippen molar-refractivity contribution in [1.82, 2.24) is 4.90 Å². The second-order valence-electron chi connectivity index (χ2n) is 5.15. The van der Waals surface area contributed by atoms with Crippen LogP contribution in [0.2, 0.25) is 0 Å². The highest BCUT2D eigenvalue weighted by molar-refractivity contribution is 5.30. The van der Waals surface area contributed by atoms with Gasteiger partial charge in [0.05, 0.1) is 19.3 Å². The fourth-order valence-electron chi connectivity index (χ4n) is 2.68. The number of hydrogen-bond donors (Lipinski definition) is 1.